The van der Waals surface area contributed by atoms with Gasteiger partial charge in [0, 0.05) is 6.20 Å². The third-order valence-electron chi connectivity index (χ3n) is 1.15. The maximum atomic E-state index is 8.43. The van der Waals surface area contributed by atoms with Crippen LogP contribution in [0.1, 0.15) is 0 Å². The van der Waals surface area contributed by atoms with Crippen LogP contribution in [-0.2, 0) is 0 Å². The second-order valence-electron chi connectivity index (χ2n) is 1.96. The fourth-order valence-electron chi connectivity index (χ4n) is 0.680. The molecule has 4 heteroatoms. The average Bonchev–Trinajstić information content (AvgIpc) is 2.03. The molecule has 0 amide bonds. The first-order valence-corrected chi connectivity index (χ1v) is 3.28. The first-order valence-electron chi connectivity index (χ1n) is 3.28. The van der Waals surface area contributed by atoms with Crippen molar-refractivity contribution in [3.05, 3.63) is 18.3 Å². The van der Waals surface area contributed by atoms with Crippen LogP contribution in [0.2, 0.25) is 0 Å². The lowest BCUT2D eigenvalue weighted by Gasteiger charge is -2.04. The number of nitrogens with two attached hydrogens (primary N) is 1. The third-order valence-corrected chi connectivity index (χ3v) is 1.15. The number of nitrogens with zero attached hydrogens (tertiary/aromatic N) is 1. The minimum Gasteiger partial charge on any atom is -0.487 e. The Hall–Kier alpha value is -1.29. The van der Waals surface area contributed by atoms with Gasteiger partial charge in [0.05, 0.1) is 6.61 Å². The van der Waals surface area contributed by atoms with Gasteiger partial charge in [-0.2, -0.15) is 0 Å². The van der Waals surface area contributed by atoms with E-state index >= 15 is 0 Å². The molecular weight excluding hydrogens is 144 g/mol. The summed E-state index contributed by atoms with van der Waals surface area (Å²) in [5, 5.41) is 8.43. The molecule has 60 valence electrons. The maximum Gasteiger partial charge on any atom is 0.166 e. The number of nitrogen functional groups attached to an aromatic ring is 1. The van der Waals surface area contributed by atoms with E-state index in [9.17, 15) is 0 Å². The largest absolute Gasteiger partial charge is 0.487 e. The molecular formula is C7H10N2O2. The summed E-state index contributed by atoms with van der Waals surface area (Å²) in [5.41, 5.74) is 5.44. The lowest BCUT2D eigenvalue weighted by molar-refractivity contribution is 0.201. The van der Waals surface area contributed by atoms with Gasteiger partial charge in [0.1, 0.15) is 6.61 Å². The number of ether oxygens (including phenoxy) is 1. The quantitative estimate of drug-likeness (QED) is 0.644. The number of pyridine rings is 1. The Morgan fingerprint density at radius 1 is 1.64 bits per heavy atom. The molecule has 0 aliphatic rings. The van der Waals surface area contributed by atoms with E-state index in [0.29, 0.717) is 11.6 Å². The van der Waals surface area contributed by atoms with Crippen molar-refractivity contribution in [1.82, 2.24) is 4.98 Å². The average molecular weight is 154 g/mol. The van der Waals surface area contributed by atoms with Crippen molar-refractivity contribution in [3.63, 3.8) is 0 Å². The summed E-state index contributed by atoms with van der Waals surface area (Å²) in [6.45, 7) is 0.226. The number of aliphatic hydroxyl groups excluding tert-OH is 1. The summed E-state index contributed by atoms with van der Waals surface area (Å²) in [6, 6.07) is 3.43. The SMILES string of the molecule is Nc1ncccc1OCCO. The Morgan fingerprint density at radius 2 is 2.45 bits per heavy atom. The Balaban J connectivity index is 2.62. The first kappa shape index (κ1) is 7.81. The zero-order chi connectivity index (χ0) is 8.10. The lowest BCUT2D eigenvalue weighted by Crippen LogP contribution is -2.04. The molecule has 0 spiro atoms. The maximum absolute atomic E-state index is 8.43. The minimum absolute atomic E-state index is 0.0195. The molecule has 0 saturated carbocycles. The van der Waals surface area contributed by atoms with E-state index in [1.54, 1.807) is 18.3 Å². The van der Waals surface area contributed by atoms with Crippen LogP contribution in [0.25, 0.3) is 0 Å². The molecule has 0 aliphatic heterocycles. The molecule has 0 unspecified atom stereocenters. The fraction of sp³-hybridized carbons (Fsp3) is 0.286. The Labute approximate surface area is 64.6 Å². The van der Waals surface area contributed by atoms with Gasteiger partial charge < -0.3 is 15.6 Å². The predicted octanol–water partition coefficient (Wildman–Crippen LogP) is 0.0349. The molecule has 1 heterocycles. The van der Waals surface area contributed by atoms with Crippen molar-refractivity contribution in [1.29, 1.82) is 0 Å². The molecule has 0 fully saturated rings. The molecule has 0 bridgehead atoms. The van der Waals surface area contributed by atoms with E-state index in [0.717, 1.165) is 0 Å². The number of aromatic nitrogens is 1. The molecule has 1 aromatic rings. The van der Waals surface area contributed by atoms with Gasteiger partial charge in [0.2, 0.25) is 0 Å². The van der Waals surface area contributed by atoms with E-state index in [-0.39, 0.29) is 13.2 Å². The molecule has 1 aromatic heterocycles. The topological polar surface area (TPSA) is 68.4 Å². The molecule has 3 N–H and O–H groups in total. The standard InChI is InChI=1S/C7H10N2O2/c8-7-6(11-5-4-10)2-1-3-9-7/h1-3,10H,4-5H2,(H2,8,9). The van der Waals surface area contributed by atoms with Crippen molar-refractivity contribution < 1.29 is 9.84 Å². The highest BCUT2D eigenvalue weighted by Crippen LogP contribution is 2.15. The number of aliphatic hydroxyl groups is 1. The molecule has 0 atom stereocenters. The molecule has 4 nitrogen and oxygen atoms in total. The van der Waals surface area contributed by atoms with E-state index in [1.807, 2.05) is 0 Å². The molecule has 11 heavy (non-hydrogen) atoms. The van der Waals surface area contributed by atoms with Crippen LogP contribution < -0.4 is 10.5 Å². The van der Waals surface area contributed by atoms with Crippen molar-refractivity contribution in [3.8, 4) is 5.75 Å². The van der Waals surface area contributed by atoms with E-state index in [1.165, 1.54) is 0 Å². The van der Waals surface area contributed by atoms with Gasteiger partial charge in [-0.1, -0.05) is 0 Å². The molecule has 1 rings (SSSR count). The minimum atomic E-state index is -0.0195. The highest BCUT2D eigenvalue weighted by molar-refractivity contribution is 5.44. The van der Waals surface area contributed by atoms with Gasteiger partial charge in [-0.25, -0.2) is 4.98 Å². The zero-order valence-corrected chi connectivity index (χ0v) is 6.03. The van der Waals surface area contributed by atoms with Crippen LogP contribution in [0.3, 0.4) is 0 Å². The summed E-state index contributed by atoms with van der Waals surface area (Å²) in [7, 11) is 0. The Kier molecular flexibility index (Phi) is 2.68. The monoisotopic (exact) mass is 154 g/mol. The number of rotatable bonds is 3. The fourth-order valence-corrected chi connectivity index (χ4v) is 0.680. The second kappa shape index (κ2) is 3.78. The van der Waals surface area contributed by atoms with E-state index in [2.05, 4.69) is 4.98 Å². The normalized spacial score (nSPS) is 9.55. The van der Waals surface area contributed by atoms with Gasteiger partial charge in [0.15, 0.2) is 11.6 Å². The summed E-state index contributed by atoms with van der Waals surface area (Å²) < 4.78 is 5.05. The van der Waals surface area contributed by atoms with Gasteiger partial charge in [-0.15, -0.1) is 0 Å². The lowest BCUT2D eigenvalue weighted by atomic mass is 10.4. The van der Waals surface area contributed by atoms with Crippen molar-refractivity contribution in [2.24, 2.45) is 0 Å². The summed E-state index contributed by atoms with van der Waals surface area (Å²) in [4.78, 5) is 3.80. The van der Waals surface area contributed by atoms with Crippen molar-refractivity contribution >= 4 is 5.82 Å². The van der Waals surface area contributed by atoms with E-state index in [4.69, 9.17) is 15.6 Å². The van der Waals surface area contributed by atoms with Crippen molar-refractivity contribution in [2.75, 3.05) is 18.9 Å². The van der Waals surface area contributed by atoms with Crippen LogP contribution in [0, 0.1) is 0 Å². The molecule has 0 aromatic carbocycles. The van der Waals surface area contributed by atoms with Gasteiger partial charge in [0.25, 0.3) is 0 Å². The third kappa shape index (κ3) is 2.09. The predicted molar refractivity (Wildman–Crippen MR) is 41.2 cm³/mol. The highest BCUT2D eigenvalue weighted by Gasteiger charge is 1.97. The second-order valence-corrected chi connectivity index (χ2v) is 1.96. The number of hydrogen-bond acceptors (Lipinski definition) is 4. The van der Waals surface area contributed by atoms with Gasteiger partial charge in [-0.05, 0) is 12.1 Å². The Bertz CT molecular complexity index is 227. The Morgan fingerprint density at radius 3 is 3.09 bits per heavy atom. The highest BCUT2D eigenvalue weighted by atomic mass is 16.5. The summed E-state index contributed by atoms with van der Waals surface area (Å²) >= 11 is 0. The van der Waals surface area contributed by atoms with Crippen molar-refractivity contribution in [2.45, 2.75) is 0 Å². The molecule has 0 radical (unpaired) electrons. The molecule has 0 aliphatic carbocycles. The summed E-state index contributed by atoms with van der Waals surface area (Å²) in [5.74, 6) is 0.863. The van der Waals surface area contributed by atoms with E-state index < -0.39 is 0 Å². The van der Waals surface area contributed by atoms with Crippen LogP contribution in [0.15, 0.2) is 18.3 Å². The van der Waals surface area contributed by atoms with Crippen LogP contribution in [-0.4, -0.2) is 23.3 Å². The first-order chi connectivity index (χ1) is 5.34. The van der Waals surface area contributed by atoms with Gasteiger partial charge in [-0.3, -0.25) is 0 Å². The molecule has 0 saturated heterocycles. The number of hydrogen-bond donors (Lipinski definition) is 2. The zero-order valence-electron chi connectivity index (χ0n) is 6.03. The van der Waals surface area contributed by atoms with Crippen LogP contribution in [0.4, 0.5) is 5.82 Å². The summed E-state index contributed by atoms with van der Waals surface area (Å²) in [6.07, 6.45) is 1.58. The van der Waals surface area contributed by atoms with Crippen LogP contribution in [0.5, 0.6) is 5.75 Å². The van der Waals surface area contributed by atoms with Crippen LogP contribution >= 0.6 is 0 Å². The smallest absolute Gasteiger partial charge is 0.166 e. The number of anilines is 1. The van der Waals surface area contributed by atoms with Gasteiger partial charge >= 0.3 is 0 Å².